The minimum Gasteiger partial charge on any atom is -0.492 e. The smallest absolute Gasteiger partial charge is 0.270 e. The molecule has 196 valence electrons. The third-order valence-corrected chi connectivity index (χ3v) is 6.78. The SMILES string of the molecule is CCOc1ccc(-c2nnc(C3CC(NC(=O)c4ccc5cc(F)ccc5n4)C3)n2-c2ccccc2F)nc1. The van der Waals surface area contributed by atoms with E-state index in [4.69, 9.17) is 4.74 Å². The third kappa shape index (κ3) is 4.81. The maximum absolute atomic E-state index is 14.9. The van der Waals surface area contributed by atoms with Crippen LogP contribution in [0.15, 0.2) is 72.9 Å². The summed E-state index contributed by atoms with van der Waals surface area (Å²) in [6.07, 6.45) is 2.81. The van der Waals surface area contributed by atoms with E-state index in [-0.39, 0.29) is 29.4 Å². The molecule has 2 aromatic carbocycles. The van der Waals surface area contributed by atoms with Crippen LogP contribution in [0.4, 0.5) is 8.78 Å². The van der Waals surface area contributed by atoms with Crippen LogP contribution in [0.25, 0.3) is 28.1 Å². The molecule has 6 rings (SSSR count). The lowest BCUT2D eigenvalue weighted by Gasteiger charge is -2.35. The van der Waals surface area contributed by atoms with Crippen LogP contribution in [-0.4, -0.2) is 43.3 Å². The average Bonchev–Trinajstić information content (AvgIpc) is 3.35. The first-order valence-corrected chi connectivity index (χ1v) is 12.7. The van der Waals surface area contributed by atoms with E-state index in [1.165, 1.54) is 18.2 Å². The summed E-state index contributed by atoms with van der Waals surface area (Å²) >= 11 is 0. The monoisotopic (exact) mass is 526 g/mol. The highest BCUT2D eigenvalue weighted by atomic mass is 19.1. The van der Waals surface area contributed by atoms with Gasteiger partial charge in [0.15, 0.2) is 5.82 Å². The molecule has 1 N–H and O–H groups in total. The molecule has 10 heteroatoms. The first-order valence-electron chi connectivity index (χ1n) is 12.7. The molecule has 5 aromatic rings. The normalized spacial score (nSPS) is 16.6. The Morgan fingerprint density at radius 1 is 1.05 bits per heavy atom. The molecule has 0 radical (unpaired) electrons. The van der Waals surface area contributed by atoms with E-state index in [0.29, 0.717) is 59.1 Å². The number of fused-ring (bicyclic) bond motifs is 1. The number of aromatic nitrogens is 5. The lowest BCUT2D eigenvalue weighted by Crippen LogP contribution is -2.44. The summed E-state index contributed by atoms with van der Waals surface area (Å²) in [7, 11) is 0. The Balaban J connectivity index is 1.22. The molecule has 39 heavy (non-hydrogen) atoms. The van der Waals surface area contributed by atoms with Gasteiger partial charge in [0, 0.05) is 17.3 Å². The van der Waals surface area contributed by atoms with E-state index in [1.807, 2.05) is 6.92 Å². The van der Waals surface area contributed by atoms with Gasteiger partial charge in [0.2, 0.25) is 0 Å². The summed E-state index contributed by atoms with van der Waals surface area (Å²) in [5, 5.41) is 12.4. The molecule has 3 heterocycles. The first kappa shape index (κ1) is 24.6. The zero-order chi connectivity index (χ0) is 26.9. The average molecular weight is 527 g/mol. The van der Waals surface area contributed by atoms with Gasteiger partial charge in [-0.25, -0.2) is 18.7 Å². The highest BCUT2D eigenvalue weighted by Gasteiger charge is 2.36. The summed E-state index contributed by atoms with van der Waals surface area (Å²) < 4.78 is 35.6. The maximum atomic E-state index is 14.9. The Labute approximate surface area is 222 Å². The van der Waals surface area contributed by atoms with Crippen LogP contribution in [-0.2, 0) is 0 Å². The zero-order valence-electron chi connectivity index (χ0n) is 21.0. The number of ether oxygens (including phenoxy) is 1. The summed E-state index contributed by atoms with van der Waals surface area (Å²) in [4.78, 5) is 21.7. The van der Waals surface area contributed by atoms with Crippen LogP contribution in [0.1, 0.15) is 42.0 Å². The van der Waals surface area contributed by atoms with Crippen molar-refractivity contribution in [1.82, 2.24) is 30.0 Å². The molecule has 0 aliphatic heterocycles. The van der Waals surface area contributed by atoms with E-state index < -0.39 is 5.82 Å². The van der Waals surface area contributed by atoms with Crippen LogP contribution >= 0.6 is 0 Å². The predicted molar refractivity (Wildman–Crippen MR) is 141 cm³/mol. The Morgan fingerprint density at radius 2 is 1.90 bits per heavy atom. The van der Waals surface area contributed by atoms with E-state index in [1.54, 1.807) is 59.3 Å². The predicted octanol–water partition coefficient (Wildman–Crippen LogP) is 5.23. The van der Waals surface area contributed by atoms with Crippen LogP contribution in [0.2, 0.25) is 0 Å². The minimum atomic E-state index is -0.405. The number of benzene rings is 2. The second-order valence-electron chi connectivity index (χ2n) is 9.35. The molecule has 0 spiro atoms. The highest BCUT2D eigenvalue weighted by molar-refractivity contribution is 5.95. The fourth-order valence-electron chi connectivity index (χ4n) is 4.79. The number of para-hydroxylation sites is 1. The van der Waals surface area contributed by atoms with Gasteiger partial charge in [-0.05, 0) is 68.3 Å². The largest absolute Gasteiger partial charge is 0.492 e. The van der Waals surface area contributed by atoms with Crippen molar-refractivity contribution in [2.24, 2.45) is 0 Å². The lowest BCUT2D eigenvalue weighted by atomic mass is 9.79. The van der Waals surface area contributed by atoms with Gasteiger partial charge in [0.1, 0.15) is 34.6 Å². The second-order valence-corrected chi connectivity index (χ2v) is 9.35. The molecular formula is C29H24F2N6O2. The lowest BCUT2D eigenvalue weighted by molar-refractivity contribution is 0.0902. The number of halogens is 2. The molecule has 1 amide bonds. The molecule has 3 aromatic heterocycles. The highest BCUT2D eigenvalue weighted by Crippen LogP contribution is 2.39. The Hall–Kier alpha value is -4.73. The minimum absolute atomic E-state index is 0.0496. The van der Waals surface area contributed by atoms with Gasteiger partial charge in [-0.3, -0.25) is 9.36 Å². The van der Waals surface area contributed by atoms with E-state index in [0.717, 1.165) is 0 Å². The van der Waals surface area contributed by atoms with Gasteiger partial charge in [0.05, 0.1) is 24.0 Å². The van der Waals surface area contributed by atoms with Gasteiger partial charge >= 0.3 is 0 Å². The molecule has 1 aliphatic carbocycles. The number of nitrogens with zero attached hydrogens (tertiary/aromatic N) is 5. The van der Waals surface area contributed by atoms with Crippen molar-refractivity contribution < 1.29 is 18.3 Å². The van der Waals surface area contributed by atoms with Crippen molar-refractivity contribution in [2.45, 2.75) is 31.7 Å². The van der Waals surface area contributed by atoms with Gasteiger partial charge in [-0.2, -0.15) is 0 Å². The van der Waals surface area contributed by atoms with Gasteiger partial charge in [0.25, 0.3) is 5.91 Å². The number of amides is 1. The van der Waals surface area contributed by atoms with Crippen molar-refractivity contribution in [3.05, 3.63) is 96.1 Å². The van der Waals surface area contributed by atoms with Gasteiger partial charge < -0.3 is 10.1 Å². The van der Waals surface area contributed by atoms with Crippen molar-refractivity contribution in [3.63, 3.8) is 0 Å². The molecule has 1 saturated carbocycles. The Kier molecular flexibility index (Phi) is 6.44. The topological polar surface area (TPSA) is 94.8 Å². The number of carbonyl (C=O) groups is 1. The van der Waals surface area contributed by atoms with Gasteiger partial charge in [-0.15, -0.1) is 10.2 Å². The van der Waals surface area contributed by atoms with Crippen LogP contribution in [0, 0.1) is 11.6 Å². The number of hydrogen-bond acceptors (Lipinski definition) is 6. The molecular weight excluding hydrogens is 502 g/mol. The van der Waals surface area contributed by atoms with Crippen molar-refractivity contribution >= 4 is 16.8 Å². The van der Waals surface area contributed by atoms with Crippen LogP contribution in [0.5, 0.6) is 5.75 Å². The van der Waals surface area contributed by atoms with Crippen molar-refractivity contribution in [2.75, 3.05) is 6.61 Å². The van der Waals surface area contributed by atoms with Crippen molar-refractivity contribution in [1.29, 1.82) is 0 Å². The zero-order valence-corrected chi connectivity index (χ0v) is 21.0. The Morgan fingerprint density at radius 3 is 2.67 bits per heavy atom. The number of rotatable bonds is 7. The summed E-state index contributed by atoms with van der Waals surface area (Å²) in [5.41, 5.74) is 1.67. The quantitative estimate of drug-likeness (QED) is 0.312. The van der Waals surface area contributed by atoms with Crippen molar-refractivity contribution in [3.8, 4) is 23.0 Å². The fourth-order valence-corrected chi connectivity index (χ4v) is 4.79. The first-order chi connectivity index (χ1) is 19.0. The van der Waals surface area contributed by atoms with E-state index >= 15 is 0 Å². The summed E-state index contributed by atoms with van der Waals surface area (Å²) in [5.74, 6) is 0.531. The number of hydrogen-bond donors (Lipinski definition) is 1. The second kappa shape index (κ2) is 10.2. The fraction of sp³-hybridized carbons (Fsp3) is 0.207. The number of pyridine rings is 2. The summed E-state index contributed by atoms with van der Waals surface area (Å²) in [6.45, 7) is 2.41. The van der Waals surface area contributed by atoms with Gasteiger partial charge in [-0.1, -0.05) is 18.2 Å². The van der Waals surface area contributed by atoms with Crippen LogP contribution < -0.4 is 10.1 Å². The molecule has 0 saturated heterocycles. The molecule has 0 bridgehead atoms. The Bertz CT molecular complexity index is 1660. The molecule has 8 nitrogen and oxygen atoms in total. The molecule has 1 aliphatic rings. The van der Waals surface area contributed by atoms with E-state index in [2.05, 4.69) is 25.5 Å². The third-order valence-electron chi connectivity index (χ3n) is 6.78. The number of nitrogens with one attached hydrogen (secondary N) is 1. The molecule has 0 unspecified atom stereocenters. The standard InChI is InChI=1S/C29H24F2N6O2/c1-2-39-21-9-12-24(32-16-21)28-36-35-27(37(28)26-6-4-3-5-22(26)31)18-14-20(15-18)33-29(38)25-10-7-17-13-19(30)8-11-23(17)34-25/h3-13,16,18,20H,2,14-15H2,1H3,(H,33,38). The van der Waals surface area contributed by atoms with E-state index in [9.17, 15) is 13.6 Å². The molecule has 0 atom stereocenters. The van der Waals surface area contributed by atoms with Crippen LogP contribution in [0.3, 0.4) is 0 Å². The summed E-state index contributed by atoms with van der Waals surface area (Å²) in [6, 6.07) is 17.4. The maximum Gasteiger partial charge on any atom is 0.270 e. The molecule has 1 fully saturated rings. The number of carbonyl (C=O) groups excluding carboxylic acids is 1.